The second-order valence-electron chi connectivity index (χ2n) is 4.10. The molecule has 0 aliphatic heterocycles. The topological polar surface area (TPSA) is 61.6 Å². The molecule has 0 aliphatic carbocycles. The first-order valence-electron chi connectivity index (χ1n) is 5.90. The fourth-order valence-corrected chi connectivity index (χ4v) is 1.97. The summed E-state index contributed by atoms with van der Waals surface area (Å²) in [7, 11) is 1.61. The molecule has 106 valence electrons. The van der Waals surface area contributed by atoms with Crippen molar-refractivity contribution in [3.8, 4) is 5.75 Å². The van der Waals surface area contributed by atoms with E-state index in [0.717, 1.165) is 12.8 Å². The Balaban J connectivity index is 2.50. The molecule has 0 bridgehead atoms. The predicted molar refractivity (Wildman–Crippen MR) is 76.4 cm³/mol. The molecule has 1 atom stereocenters. The lowest BCUT2D eigenvalue weighted by Gasteiger charge is -2.12. The van der Waals surface area contributed by atoms with E-state index in [0.29, 0.717) is 30.3 Å². The number of ether oxygens (including phenoxy) is 2. The van der Waals surface area contributed by atoms with Crippen LogP contribution < -0.4 is 10.5 Å². The first-order chi connectivity index (χ1) is 9.10. The van der Waals surface area contributed by atoms with E-state index < -0.39 is 0 Å². The molecule has 0 unspecified atom stereocenters. The number of rotatable bonds is 8. The first kappa shape index (κ1) is 16.2. The van der Waals surface area contributed by atoms with Gasteiger partial charge in [-0.3, -0.25) is 4.79 Å². The molecule has 0 spiro atoms. The van der Waals surface area contributed by atoms with Crippen LogP contribution in [0.3, 0.4) is 0 Å². The largest absolute Gasteiger partial charge is 0.493 e. The van der Waals surface area contributed by atoms with E-state index in [1.807, 2.05) is 0 Å². The van der Waals surface area contributed by atoms with E-state index >= 15 is 0 Å². The highest BCUT2D eigenvalue weighted by Gasteiger charge is 2.11. The fraction of sp³-hybridized carbons (Fsp3) is 0.462. The van der Waals surface area contributed by atoms with Crippen LogP contribution in [0.15, 0.2) is 12.1 Å². The van der Waals surface area contributed by atoms with Gasteiger partial charge in [0.2, 0.25) is 0 Å². The van der Waals surface area contributed by atoms with Crippen LogP contribution in [-0.4, -0.2) is 32.7 Å². The van der Waals surface area contributed by atoms with Crippen molar-refractivity contribution in [2.24, 2.45) is 5.73 Å². The molecule has 0 saturated heterocycles. The summed E-state index contributed by atoms with van der Waals surface area (Å²) in [6, 6.07) is 3.23. The summed E-state index contributed by atoms with van der Waals surface area (Å²) in [6.07, 6.45) is 2.19. The van der Waals surface area contributed by atoms with Crippen LogP contribution in [-0.2, 0) is 4.74 Å². The monoisotopic (exact) mass is 305 g/mol. The Bertz CT molecular complexity index is 427. The molecule has 19 heavy (non-hydrogen) atoms. The Morgan fingerprint density at radius 1 is 1.42 bits per heavy atom. The van der Waals surface area contributed by atoms with E-state index in [9.17, 15) is 4.79 Å². The molecule has 1 aromatic carbocycles. The van der Waals surface area contributed by atoms with Gasteiger partial charge in [0.25, 0.3) is 0 Å². The zero-order chi connectivity index (χ0) is 14.3. The maximum absolute atomic E-state index is 11.0. The summed E-state index contributed by atoms with van der Waals surface area (Å²) >= 11 is 11.7. The van der Waals surface area contributed by atoms with Crippen LogP contribution in [0.25, 0.3) is 0 Å². The minimum atomic E-state index is -0.00653. The van der Waals surface area contributed by atoms with Gasteiger partial charge in [-0.25, -0.2) is 0 Å². The number of nitrogens with two attached hydrogens (primary N) is 1. The molecule has 1 aromatic rings. The lowest BCUT2D eigenvalue weighted by atomic mass is 10.2. The van der Waals surface area contributed by atoms with Crippen molar-refractivity contribution in [3.63, 3.8) is 0 Å². The Morgan fingerprint density at radius 3 is 2.79 bits per heavy atom. The minimum Gasteiger partial charge on any atom is -0.493 e. The first-order valence-corrected chi connectivity index (χ1v) is 6.66. The number of carbonyl (C=O) groups is 1. The van der Waals surface area contributed by atoms with Crippen LogP contribution in [0.4, 0.5) is 0 Å². The number of methoxy groups -OCH3 is 1. The summed E-state index contributed by atoms with van der Waals surface area (Å²) in [5.41, 5.74) is 6.06. The van der Waals surface area contributed by atoms with E-state index in [1.54, 1.807) is 19.2 Å². The van der Waals surface area contributed by atoms with Crippen LogP contribution in [0.5, 0.6) is 5.75 Å². The summed E-state index contributed by atoms with van der Waals surface area (Å²) in [5.74, 6) is 0.435. The van der Waals surface area contributed by atoms with E-state index in [2.05, 4.69) is 0 Å². The Hall–Kier alpha value is -0.810. The normalized spacial score (nSPS) is 12.2. The third-order valence-corrected chi connectivity index (χ3v) is 3.39. The van der Waals surface area contributed by atoms with Crippen molar-refractivity contribution in [2.75, 3.05) is 20.3 Å². The number of benzene rings is 1. The molecule has 4 nitrogen and oxygen atoms in total. The molecule has 0 radical (unpaired) electrons. The van der Waals surface area contributed by atoms with Crippen molar-refractivity contribution in [3.05, 3.63) is 27.7 Å². The van der Waals surface area contributed by atoms with Crippen molar-refractivity contribution in [2.45, 2.75) is 18.9 Å². The van der Waals surface area contributed by atoms with Gasteiger partial charge < -0.3 is 15.2 Å². The molecular weight excluding hydrogens is 289 g/mol. The number of hydrogen-bond acceptors (Lipinski definition) is 4. The van der Waals surface area contributed by atoms with Crippen LogP contribution in [0.1, 0.15) is 23.2 Å². The average molecular weight is 306 g/mol. The SMILES string of the molecule is COC[C@H](N)CCCOc1ccc(Cl)c(Cl)c1C=O. The zero-order valence-electron chi connectivity index (χ0n) is 10.7. The molecule has 2 N–H and O–H groups in total. The second kappa shape index (κ2) is 8.38. The van der Waals surface area contributed by atoms with Crippen LogP contribution in [0.2, 0.25) is 10.0 Å². The standard InChI is InChI=1S/C13H17Cl2NO3/c1-18-8-9(16)3-2-6-19-12-5-4-11(14)13(15)10(12)7-17/h4-5,7,9H,2-3,6,8,16H2,1H3/t9-/m1/s1. The average Bonchev–Trinajstić information content (AvgIpc) is 2.39. The zero-order valence-corrected chi connectivity index (χ0v) is 12.2. The molecule has 0 saturated carbocycles. The highest BCUT2D eigenvalue weighted by Crippen LogP contribution is 2.31. The third kappa shape index (κ3) is 4.99. The Morgan fingerprint density at radius 2 is 2.16 bits per heavy atom. The summed E-state index contributed by atoms with van der Waals surface area (Å²) in [5, 5.41) is 0.545. The van der Waals surface area contributed by atoms with Gasteiger partial charge in [0.05, 0.1) is 28.8 Å². The molecule has 0 heterocycles. The van der Waals surface area contributed by atoms with Gasteiger partial charge in [0.15, 0.2) is 6.29 Å². The number of carbonyl (C=O) groups excluding carboxylic acids is 1. The Labute approximate surface area is 122 Å². The lowest BCUT2D eigenvalue weighted by Crippen LogP contribution is -2.25. The van der Waals surface area contributed by atoms with Gasteiger partial charge in [-0.05, 0) is 25.0 Å². The summed E-state index contributed by atoms with van der Waals surface area (Å²) in [6.45, 7) is 0.975. The molecule has 0 amide bonds. The quantitative estimate of drug-likeness (QED) is 0.592. The van der Waals surface area contributed by atoms with Crippen molar-refractivity contribution in [1.82, 2.24) is 0 Å². The lowest BCUT2D eigenvalue weighted by molar-refractivity contribution is 0.111. The maximum atomic E-state index is 11.0. The van der Waals surface area contributed by atoms with Crippen molar-refractivity contribution < 1.29 is 14.3 Å². The summed E-state index contributed by atoms with van der Waals surface area (Å²) in [4.78, 5) is 11.0. The molecule has 6 heteroatoms. The second-order valence-corrected chi connectivity index (χ2v) is 4.88. The van der Waals surface area contributed by atoms with Gasteiger partial charge in [-0.2, -0.15) is 0 Å². The molecule has 0 aromatic heterocycles. The molecule has 0 fully saturated rings. The molecule has 1 rings (SSSR count). The minimum absolute atomic E-state index is 0.00653. The van der Waals surface area contributed by atoms with E-state index in [1.165, 1.54) is 0 Å². The van der Waals surface area contributed by atoms with Gasteiger partial charge >= 0.3 is 0 Å². The van der Waals surface area contributed by atoms with Crippen molar-refractivity contribution in [1.29, 1.82) is 0 Å². The predicted octanol–water partition coefficient (Wildman–Crippen LogP) is 2.94. The van der Waals surface area contributed by atoms with Crippen LogP contribution in [0, 0.1) is 0 Å². The number of halogens is 2. The van der Waals surface area contributed by atoms with Gasteiger partial charge in [0.1, 0.15) is 5.75 Å². The number of aldehydes is 1. The smallest absolute Gasteiger partial charge is 0.155 e. The van der Waals surface area contributed by atoms with Crippen LogP contribution >= 0.6 is 23.2 Å². The van der Waals surface area contributed by atoms with Gasteiger partial charge in [0, 0.05) is 13.2 Å². The highest BCUT2D eigenvalue weighted by molar-refractivity contribution is 6.43. The van der Waals surface area contributed by atoms with E-state index in [-0.39, 0.29) is 16.6 Å². The van der Waals surface area contributed by atoms with Crippen molar-refractivity contribution >= 4 is 29.5 Å². The summed E-state index contributed by atoms with van der Waals surface area (Å²) < 4.78 is 10.5. The maximum Gasteiger partial charge on any atom is 0.155 e. The van der Waals surface area contributed by atoms with Gasteiger partial charge in [-0.1, -0.05) is 23.2 Å². The highest BCUT2D eigenvalue weighted by atomic mass is 35.5. The third-order valence-electron chi connectivity index (χ3n) is 2.57. The number of hydrogen-bond donors (Lipinski definition) is 1. The van der Waals surface area contributed by atoms with E-state index in [4.69, 9.17) is 38.4 Å². The molecular formula is C13H17Cl2NO3. The molecule has 0 aliphatic rings. The Kier molecular flexibility index (Phi) is 7.16. The van der Waals surface area contributed by atoms with Gasteiger partial charge in [-0.15, -0.1) is 0 Å². The fourth-order valence-electron chi connectivity index (χ4n) is 1.61.